The molecule has 1 aliphatic rings. The van der Waals surface area contributed by atoms with Gasteiger partial charge < -0.3 is 10.1 Å². The molecule has 0 radical (unpaired) electrons. The van der Waals surface area contributed by atoms with E-state index in [0.717, 1.165) is 25.0 Å². The minimum Gasteiger partial charge on any atom is -0.381 e. The number of aryl methyl sites for hydroxylation is 1. The Balaban J connectivity index is 1.99. The third-order valence-corrected chi connectivity index (χ3v) is 3.21. The Labute approximate surface area is 105 Å². The predicted molar refractivity (Wildman–Crippen MR) is 66.2 cm³/mol. The lowest BCUT2D eigenvalue weighted by Crippen LogP contribution is -2.30. The number of hydrogen-bond donors (Lipinski definition) is 1. The molecule has 2 rings (SSSR count). The van der Waals surface area contributed by atoms with Crippen LogP contribution in [0.1, 0.15) is 18.4 Å². The van der Waals surface area contributed by atoms with E-state index in [-0.39, 0.29) is 11.8 Å². The number of rotatable bonds is 2. The molecule has 0 saturated carbocycles. The second-order valence-corrected chi connectivity index (χ2v) is 4.59. The van der Waals surface area contributed by atoms with Crippen LogP contribution < -0.4 is 5.32 Å². The van der Waals surface area contributed by atoms with Gasteiger partial charge in [-0.15, -0.1) is 0 Å². The number of carbonyl (C=O) groups excluding carboxylic acids is 1. The third-order valence-electron chi connectivity index (χ3n) is 2.81. The summed E-state index contributed by atoms with van der Waals surface area (Å²) in [5.74, 6) is -0.0621. The SMILES string of the molecule is Cc1cc(NC(=O)C2CCCOC2)cnc1Cl. The molecule has 0 spiro atoms. The highest BCUT2D eigenvalue weighted by Gasteiger charge is 2.21. The molecular formula is C12H15ClN2O2. The summed E-state index contributed by atoms with van der Waals surface area (Å²) in [4.78, 5) is 15.9. The van der Waals surface area contributed by atoms with Crippen molar-refractivity contribution in [1.29, 1.82) is 0 Å². The van der Waals surface area contributed by atoms with E-state index in [1.54, 1.807) is 6.20 Å². The molecule has 2 heterocycles. The molecule has 5 heteroatoms. The van der Waals surface area contributed by atoms with Crippen molar-refractivity contribution in [2.24, 2.45) is 5.92 Å². The summed E-state index contributed by atoms with van der Waals surface area (Å²) in [5, 5.41) is 3.30. The quantitative estimate of drug-likeness (QED) is 0.825. The zero-order valence-electron chi connectivity index (χ0n) is 9.70. The van der Waals surface area contributed by atoms with Crippen molar-refractivity contribution in [3.8, 4) is 0 Å². The first-order valence-electron chi connectivity index (χ1n) is 5.67. The van der Waals surface area contributed by atoms with Gasteiger partial charge in [-0.1, -0.05) is 11.6 Å². The smallest absolute Gasteiger partial charge is 0.229 e. The lowest BCUT2D eigenvalue weighted by molar-refractivity contribution is -0.123. The summed E-state index contributed by atoms with van der Waals surface area (Å²) < 4.78 is 5.29. The molecule has 0 aliphatic carbocycles. The van der Waals surface area contributed by atoms with Crippen molar-refractivity contribution in [2.75, 3.05) is 18.5 Å². The van der Waals surface area contributed by atoms with E-state index < -0.39 is 0 Å². The number of nitrogens with one attached hydrogen (secondary N) is 1. The molecule has 0 bridgehead atoms. The van der Waals surface area contributed by atoms with Crippen LogP contribution in [-0.2, 0) is 9.53 Å². The summed E-state index contributed by atoms with van der Waals surface area (Å²) in [5.41, 5.74) is 1.53. The minimum atomic E-state index is -0.0558. The zero-order valence-corrected chi connectivity index (χ0v) is 10.5. The first-order valence-corrected chi connectivity index (χ1v) is 6.05. The van der Waals surface area contributed by atoms with Crippen LogP contribution in [0.2, 0.25) is 5.15 Å². The highest BCUT2D eigenvalue weighted by molar-refractivity contribution is 6.30. The van der Waals surface area contributed by atoms with E-state index in [1.165, 1.54) is 0 Å². The number of amides is 1. The lowest BCUT2D eigenvalue weighted by Gasteiger charge is -2.21. The van der Waals surface area contributed by atoms with Gasteiger partial charge in [-0.25, -0.2) is 4.98 Å². The fraction of sp³-hybridized carbons (Fsp3) is 0.500. The fourth-order valence-electron chi connectivity index (χ4n) is 1.82. The minimum absolute atomic E-state index is 0.00628. The number of aromatic nitrogens is 1. The normalized spacial score (nSPS) is 20.0. The predicted octanol–water partition coefficient (Wildman–Crippen LogP) is 2.41. The van der Waals surface area contributed by atoms with E-state index in [1.807, 2.05) is 13.0 Å². The van der Waals surface area contributed by atoms with E-state index in [4.69, 9.17) is 16.3 Å². The van der Waals surface area contributed by atoms with Gasteiger partial charge in [-0.05, 0) is 31.4 Å². The van der Waals surface area contributed by atoms with E-state index in [9.17, 15) is 4.79 Å². The molecule has 1 saturated heterocycles. The second kappa shape index (κ2) is 5.47. The van der Waals surface area contributed by atoms with Gasteiger partial charge in [0.15, 0.2) is 0 Å². The maximum absolute atomic E-state index is 11.9. The van der Waals surface area contributed by atoms with Crippen molar-refractivity contribution in [1.82, 2.24) is 4.98 Å². The van der Waals surface area contributed by atoms with Crippen molar-refractivity contribution >= 4 is 23.2 Å². The second-order valence-electron chi connectivity index (χ2n) is 4.24. The highest BCUT2D eigenvalue weighted by Crippen LogP contribution is 2.19. The number of hydrogen-bond acceptors (Lipinski definition) is 3. The van der Waals surface area contributed by atoms with Crippen LogP contribution in [-0.4, -0.2) is 24.1 Å². The molecule has 0 aromatic carbocycles. The molecule has 1 unspecified atom stereocenters. The van der Waals surface area contributed by atoms with Gasteiger partial charge >= 0.3 is 0 Å². The zero-order chi connectivity index (χ0) is 12.3. The van der Waals surface area contributed by atoms with Crippen molar-refractivity contribution in [3.63, 3.8) is 0 Å². The maximum atomic E-state index is 11.9. The first kappa shape index (κ1) is 12.3. The standard InChI is InChI=1S/C12H15ClN2O2/c1-8-5-10(6-14-11(8)13)15-12(16)9-3-2-4-17-7-9/h5-6,9H,2-4,7H2,1H3,(H,15,16). The number of nitrogens with zero attached hydrogens (tertiary/aromatic N) is 1. The molecule has 1 amide bonds. The Kier molecular flexibility index (Phi) is 3.97. The monoisotopic (exact) mass is 254 g/mol. The van der Waals surface area contributed by atoms with Gasteiger partial charge in [0.1, 0.15) is 5.15 Å². The maximum Gasteiger partial charge on any atom is 0.229 e. The summed E-state index contributed by atoms with van der Waals surface area (Å²) in [6, 6.07) is 1.82. The summed E-state index contributed by atoms with van der Waals surface area (Å²) >= 11 is 5.82. The van der Waals surface area contributed by atoms with Gasteiger partial charge in [0.05, 0.1) is 24.4 Å². The van der Waals surface area contributed by atoms with Crippen LogP contribution >= 0.6 is 11.6 Å². The van der Waals surface area contributed by atoms with Crippen LogP contribution in [0.4, 0.5) is 5.69 Å². The van der Waals surface area contributed by atoms with Crippen LogP contribution in [0.5, 0.6) is 0 Å². The molecule has 1 aromatic rings. The molecule has 17 heavy (non-hydrogen) atoms. The number of ether oxygens (including phenoxy) is 1. The Morgan fingerprint density at radius 3 is 3.12 bits per heavy atom. The Bertz CT molecular complexity index is 417. The third kappa shape index (κ3) is 3.17. The van der Waals surface area contributed by atoms with E-state index >= 15 is 0 Å². The fourth-order valence-corrected chi connectivity index (χ4v) is 1.92. The van der Waals surface area contributed by atoms with E-state index in [2.05, 4.69) is 10.3 Å². The van der Waals surface area contributed by atoms with Crippen molar-refractivity contribution in [3.05, 3.63) is 23.0 Å². The average molecular weight is 255 g/mol. The average Bonchev–Trinajstić information content (AvgIpc) is 2.35. The number of anilines is 1. The van der Waals surface area contributed by atoms with Gasteiger partial charge in [-0.2, -0.15) is 0 Å². The summed E-state index contributed by atoms with van der Waals surface area (Å²) in [6.07, 6.45) is 3.39. The Morgan fingerprint density at radius 2 is 2.47 bits per heavy atom. The Morgan fingerprint density at radius 1 is 1.65 bits per heavy atom. The molecule has 1 N–H and O–H groups in total. The summed E-state index contributed by atoms with van der Waals surface area (Å²) in [6.45, 7) is 3.12. The highest BCUT2D eigenvalue weighted by atomic mass is 35.5. The number of halogens is 1. The van der Waals surface area contributed by atoms with Crippen molar-refractivity contribution in [2.45, 2.75) is 19.8 Å². The molecule has 1 aromatic heterocycles. The number of carbonyl (C=O) groups is 1. The first-order chi connectivity index (χ1) is 8.16. The largest absolute Gasteiger partial charge is 0.381 e. The molecule has 4 nitrogen and oxygen atoms in total. The Hall–Kier alpha value is -1.13. The molecule has 1 atom stereocenters. The topological polar surface area (TPSA) is 51.2 Å². The molecule has 92 valence electrons. The van der Waals surface area contributed by atoms with Crippen LogP contribution in [0, 0.1) is 12.8 Å². The summed E-state index contributed by atoms with van der Waals surface area (Å²) in [7, 11) is 0. The van der Waals surface area contributed by atoms with Crippen LogP contribution in [0.15, 0.2) is 12.3 Å². The lowest BCUT2D eigenvalue weighted by atomic mass is 10.0. The number of pyridine rings is 1. The van der Waals surface area contributed by atoms with Gasteiger partial charge in [0.2, 0.25) is 5.91 Å². The molecule has 1 aliphatic heterocycles. The molecular weight excluding hydrogens is 240 g/mol. The van der Waals surface area contributed by atoms with Crippen LogP contribution in [0.3, 0.4) is 0 Å². The van der Waals surface area contributed by atoms with Crippen molar-refractivity contribution < 1.29 is 9.53 Å². The van der Waals surface area contributed by atoms with Crippen LogP contribution in [0.25, 0.3) is 0 Å². The van der Waals surface area contributed by atoms with Gasteiger partial charge in [-0.3, -0.25) is 4.79 Å². The van der Waals surface area contributed by atoms with Gasteiger partial charge in [0.25, 0.3) is 0 Å². The van der Waals surface area contributed by atoms with E-state index in [0.29, 0.717) is 17.4 Å². The van der Waals surface area contributed by atoms with Gasteiger partial charge in [0, 0.05) is 6.61 Å². The molecule has 1 fully saturated rings.